The highest BCUT2D eigenvalue weighted by atomic mass is 16.3. The van der Waals surface area contributed by atoms with Crippen LogP contribution in [0.3, 0.4) is 0 Å². The van der Waals surface area contributed by atoms with Crippen molar-refractivity contribution in [3.05, 3.63) is 83.1 Å². The van der Waals surface area contributed by atoms with Crippen LogP contribution in [0.15, 0.2) is 59.3 Å². The molecule has 25 heavy (non-hydrogen) atoms. The Bertz CT molecular complexity index is 918. The molecule has 1 aliphatic rings. The molecule has 0 fully saturated rings. The van der Waals surface area contributed by atoms with Gasteiger partial charge in [0.15, 0.2) is 0 Å². The molecule has 1 amide bonds. The Morgan fingerprint density at radius 1 is 1.20 bits per heavy atom. The number of pyridine rings is 1. The molecule has 2 aromatic heterocycles. The molecule has 1 aliphatic heterocycles. The van der Waals surface area contributed by atoms with E-state index in [1.54, 1.807) is 23.4 Å². The molecule has 4 rings (SSSR count). The lowest BCUT2D eigenvalue weighted by Gasteiger charge is -2.26. The second-order valence-corrected chi connectivity index (χ2v) is 6.31. The molecule has 1 aromatic carbocycles. The van der Waals surface area contributed by atoms with Gasteiger partial charge < -0.3 is 14.6 Å². The third-order valence-electron chi connectivity index (χ3n) is 4.48. The van der Waals surface area contributed by atoms with Crippen molar-refractivity contribution in [3.8, 4) is 0 Å². The standard InChI is InChI=1S/C20H19N3O2/c1-13-7-8-17(14(2)11-13)22-19-18-16(6-3-9-21-18)20(24)23(19)12-15-5-4-10-25-15/h3-11,19,22H,12H2,1-2H3/t19-/m1/s1. The first kappa shape index (κ1) is 15.4. The van der Waals surface area contributed by atoms with E-state index in [1.165, 1.54) is 5.56 Å². The van der Waals surface area contributed by atoms with Crippen LogP contribution in [-0.4, -0.2) is 15.8 Å². The molecule has 3 heterocycles. The fourth-order valence-electron chi connectivity index (χ4n) is 3.24. The zero-order valence-electron chi connectivity index (χ0n) is 14.2. The van der Waals surface area contributed by atoms with Crippen molar-refractivity contribution in [2.75, 3.05) is 5.32 Å². The van der Waals surface area contributed by atoms with Crippen molar-refractivity contribution in [1.29, 1.82) is 0 Å². The van der Waals surface area contributed by atoms with Gasteiger partial charge in [0.05, 0.1) is 24.1 Å². The first-order valence-corrected chi connectivity index (χ1v) is 8.25. The molecule has 0 unspecified atom stereocenters. The van der Waals surface area contributed by atoms with Gasteiger partial charge in [-0.1, -0.05) is 17.7 Å². The van der Waals surface area contributed by atoms with Gasteiger partial charge in [-0.25, -0.2) is 0 Å². The van der Waals surface area contributed by atoms with E-state index < -0.39 is 0 Å². The molecule has 1 N–H and O–H groups in total. The van der Waals surface area contributed by atoms with E-state index in [2.05, 4.69) is 36.3 Å². The maximum absolute atomic E-state index is 12.9. The number of benzene rings is 1. The van der Waals surface area contributed by atoms with Crippen LogP contribution in [0, 0.1) is 13.8 Å². The molecule has 0 spiro atoms. The highest BCUT2D eigenvalue weighted by Crippen LogP contribution is 2.35. The Balaban J connectivity index is 1.71. The van der Waals surface area contributed by atoms with Gasteiger partial charge in [-0.3, -0.25) is 9.78 Å². The number of carbonyl (C=O) groups excluding carboxylic acids is 1. The summed E-state index contributed by atoms with van der Waals surface area (Å²) >= 11 is 0. The monoisotopic (exact) mass is 333 g/mol. The fourth-order valence-corrected chi connectivity index (χ4v) is 3.24. The average molecular weight is 333 g/mol. The Morgan fingerprint density at radius 2 is 2.08 bits per heavy atom. The number of rotatable bonds is 4. The number of hydrogen-bond acceptors (Lipinski definition) is 4. The van der Waals surface area contributed by atoms with E-state index in [0.29, 0.717) is 12.1 Å². The lowest BCUT2D eigenvalue weighted by atomic mass is 10.1. The van der Waals surface area contributed by atoms with Crippen molar-refractivity contribution in [2.24, 2.45) is 0 Å². The van der Waals surface area contributed by atoms with Crippen molar-refractivity contribution in [2.45, 2.75) is 26.6 Å². The zero-order chi connectivity index (χ0) is 17.4. The lowest BCUT2D eigenvalue weighted by molar-refractivity contribution is 0.0714. The smallest absolute Gasteiger partial charge is 0.258 e. The first-order valence-electron chi connectivity index (χ1n) is 8.25. The third-order valence-corrected chi connectivity index (χ3v) is 4.48. The van der Waals surface area contributed by atoms with Gasteiger partial charge in [-0.05, 0) is 49.7 Å². The number of aryl methyl sites for hydroxylation is 2. The number of fused-ring (bicyclic) bond motifs is 1. The van der Waals surface area contributed by atoms with E-state index in [1.807, 2.05) is 24.3 Å². The molecule has 0 bridgehead atoms. The minimum atomic E-state index is -0.324. The molecule has 0 aliphatic carbocycles. The summed E-state index contributed by atoms with van der Waals surface area (Å²) in [6.45, 7) is 4.52. The van der Waals surface area contributed by atoms with Crippen LogP contribution in [0.25, 0.3) is 0 Å². The number of hydrogen-bond donors (Lipinski definition) is 1. The summed E-state index contributed by atoms with van der Waals surface area (Å²) in [5, 5.41) is 3.49. The normalized spacial score (nSPS) is 16.2. The SMILES string of the molecule is Cc1ccc(N[C@H]2c3ncccc3C(=O)N2Cc2ccco2)c(C)c1. The van der Waals surface area contributed by atoms with E-state index in [0.717, 1.165) is 22.7 Å². The van der Waals surface area contributed by atoms with Gasteiger partial charge in [0.1, 0.15) is 11.9 Å². The number of amides is 1. The fraction of sp³-hybridized carbons (Fsp3) is 0.200. The summed E-state index contributed by atoms with van der Waals surface area (Å²) in [6.07, 6.45) is 3.02. The van der Waals surface area contributed by atoms with Gasteiger partial charge in [0, 0.05) is 11.9 Å². The van der Waals surface area contributed by atoms with Crippen LogP contribution >= 0.6 is 0 Å². The maximum atomic E-state index is 12.9. The van der Waals surface area contributed by atoms with Crippen molar-refractivity contribution < 1.29 is 9.21 Å². The van der Waals surface area contributed by atoms with Crippen molar-refractivity contribution in [3.63, 3.8) is 0 Å². The van der Waals surface area contributed by atoms with E-state index >= 15 is 0 Å². The number of nitrogens with zero attached hydrogens (tertiary/aromatic N) is 2. The topological polar surface area (TPSA) is 58.4 Å². The van der Waals surface area contributed by atoms with Crippen LogP contribution in [0.1, 0.15) is 39.1 Å². The molecular formula is C20H19N3O2. The quantitative estimate of drug-likeness (QED) is 0.782. The largest absolute Gasteiger partial charge is 0.467 e. The average Bonchev–Trinajstić information content (AvgIpc) is 3.20. The summed E-state index contributed by atoms with van der Waals surface area (Å²) in [6, 6.07) is 13.5. The number of carbonyl (C=O) groups is 1. The second kappa shape index (κ2) is 6.09. The summed E-state index contributed by atoms with van der Waals surface area (Å²) in [4.78, 5) is 19.1. The van der Waals surface area contributed by atoms with Crippen molar-refractivity contribution in [1.82, 2.24) is 9.88 Å². The maximum Gasteiger partial charge on any atom is 0.258 e. The minimum absolute atomic E-state index is 0.0400. The highest BCUT2D eigenvalue weighted by Gasteiger charge is 2.38. The van der Waals surface area contributed by atoms with Crippen LogP contribution in [0.4, 0.5) is 5.69 Å². The second-order valence-electron chi connectivity index (χ2n) is 6.31. The molecule has 1 atom stereocenters. The summed E-state index contributed by atoms with van der Waals surface area (Å²) in [5.41, 5.74) is 4.72. The molecule has 0 radical (unpaired) electrons. The third kappa shape index (κ3) is 2.78. The molecular weight excluding hydrogens is 314 g/mol. The number of furan rings is 1. The zero-order valence-corrected chi connectivity index (χ0v) is 14.2. The van der Waals surface area contributed by atoms with E-state index in [4.69, 9.17) is 4.42 Å². The molecule has 126 valence electrons. The van der Waals surface area contributed by atoms with Crippen molar-refractivity contribution >= 4 is 11.6 Å². The van der Waals surface area contributed by atoms with Crippen LogP contribution in [-0.2, 0) is 6.54 Å². The number of aromatic nitrogens is 1. The van der Waals surface area contributed by atoms with Gasteiger partial charge in [-0.15, -0.1) is 0 Å². The number of anilines is 1. The predicted octanol–water partition coefficient (Wildman–Crippen LogP) is 4.06. The minimum Gasteiger partial charge on any atom is -0.467 e. The Labute approximate surface area is 146 Å². The number of nitrogens with one attached hydrogen (secondary N) is 1. The van der Waals surface area contributed by atoms with Gasteiger partial charge >= 0.3 is 0 Å². The first-order chi connectivity index (χ1) is 12.1. The Hall–Kier alpha value is -3.08. The van der Waals surface area contributed by atoms with Gasteiger partial charge in [0.2, 0.25) is 0 Å². The lowest BCUT2D eigenvalue weighted by Crippen LogP contribution is -2.32. The predicted molar refractivity (Wildman–Crippen MR) is 95.1 cm³/mol. The molecule has 0 saturated heterocycles. The molecule has 5 heteroatoms. The summed E-state index contributed by atoms with van der Waals surface area (Å²) < 4.78 is 5.44. The van der Waals surface area contributed by atoms with Crippen LogP contribution in [0.5, 0.6) is 0 Å². The molecule has 5 nitrogen and oxygen atoms in total. The summed E-state index contributed by atoms with van der Waals surface area (Å²) in [7, 11) is 0. The highest BCUT2D eigenvalue weighted by molar-refractivity contribution is 5.98. The molecule has 3 aromatic rings. The van der Waals surface area contributed by atoms with Crippen LogP contribution in [0.2, 0.25) is 0 Å². The summed E-state index contributed by atoms with van der Waals surface area (Å²) in [5.74, 6) is 0.704. The van der Waals surface area contributed by atoms with E-state index in [9.17, 15) is 4.79 Å². The Morgan fingerprint density at radius 3 is 2.84 bits per heavy atom. The van der Waals surface area contributed by atoms with Crippen LogP contribution < -0.4 is 5.32 Å². The van der Waals surface area contributed by atoms with E-state index in [-0.39, 0.29) is 12.1 Å². The Kier molecular flexibility index (Phi) is 3.76. The van der Waals surface area contributed by atoms with Gasteiger partial charge in [-0.2, -0.15) is 0 Å². The molecule has 0 saturated carbocycles. The van der Waals surface area contributed by atoms with Gasteiger partial charge in [0.25, 0.3) is 5.91 Å².